The van der Waals surface area contributed by atoms with E-state index in [4.69, 9.17) is 16.3 Å². The first-order chi connectivity index (χ1) is 15.1. The minimum absolute atomic E-state index is 0.0181. The highest BCUT2D eigenvalue weighted by Crippen LogP contribution is 2.20. The summed E-state index contributed by atoms with van der Waals surface area (Å²) in [6, 6.07) is 8.40. The van der Waals surface area contributed by atoms with Crippen LogP contribution in [0, 0.1) is 5.82 Å². The van der Waals surface area contributed by atoms with Crippen molar-refractivity contribution in [2.75, 3.05) is 33.3 Å². The van der Waals surface area contributed by atoms with Crippen molar-refractivity contribution in [2.45, 2.75) is 17.9 Å². The molecular weight excluding hydrogens is 461 g/mol. The Kier molecular flexibility index (Phi) is 7.37. The second-order valence-corrected chi connectivity index (χ2v) is 9.38. The normalized spacial score (nSPS) is 15.4. The fourth-order valence-electron chi connectivity index (χ4n) is 3.34. The Balaban J connectivity index is 1.58. The Bertz CT molecular complexity index is 1100. The lowest BCUT2D eigenvalue weighted by Gasteiger charge is -2.36. The van der Waals surface area contributed by atoms with Gasteiger partial charge < -0.3 is 14.5 Å². The van der Waals surface area contributed by atoms with Crippen molar-refractivity contribution in [3.05, 3.63) is 58.9 Å². The molecule has 32 heavy (non-hydrogen) atoms. The number of sulfonamides is 1. The molecule has 0 spiro atoms. The van der Waals surface area contributed by atoms with E-state index in [1.54, 1.807) is 0 Å². The molecule has 1 heterocycles. The number of benzene rings is 2. The number of hydrogen-bond donors (Lipinski definition) is 1. The van der Waals surface area contributed by atoms with Crippen LogP contribution in [-0.4, -0.2) is 69.4 Å². The number of carbonyl (C=O) groups excluding carboxylic acids is 2. The van der Waals surface area contributed by atoms with Crippen molar-refractivity contribution in [1.82, 2.24) is 14.5 Å². The van der Waals surface area contributed by atoms with E-state index in [0.29, 0.717) is 5.75 Å². The number of nitrogens with zero attached hydrogens (tertiary/aromatic N) is 2. The van der Waals surface area contributed by atoms with Crippen LogP contribution < -0.4 is 9.46 Å². The van der Waals surface area contributed by atoms with Crippen LogP contribution in [0.5, 0.6) is 5.75 Å². The molecule has 0 unspecified atom stereocenters. The molecule has 3 rings (SSSR count). The molecule has 2 aromatic rings. The molecule has 2 amide bonds. The summed E-state index contributed by atoms with van der Waals surface area (Å²) in [5.41, 5.74) is 0.188. The van der Waals surface area contributed by atoms with Gasteiger partial charge in [-0.05, 0) is 49.4 Å². The summed E-state index contributed by atoms with van der Waals surface area (Å²) < 4.78 is 45.8. The fraction of sp³-hybridized carbons (Fsp3) is 0.333. The maximum Gasteiger partial charge on any atom is 0.255 e. The van der Waals surface area contributed by atoms with Crippen LogP contribution in [0.2, 0.25) is 5.02 Å². The van der Waals surface area contributed by atoms with Gasteiger partial charge in [-0.15, -0.1) is 0 Å². The van der Waals surface area contributed by atoms with Gasteiger partial charge in [0.1, 0.15) is 11.6 Å². The Morgan fingerprint density at radius 2 is 1.66 bits per heavy atom. The molecule has 1 atom stereocenters. The van der Waals surface area contributed by atoms with Crippen molar-refractivity contribution in [3.63, 3.8) is 0 Å². The molecule has 1 aliphatic rings. The number of piperazine rings is 1. The minimum atomic E-state index is -3.90. The highest BCUT2D eigenvalue weighted by atomic mass is 35.5. The number of methoxy groups -OCH3 is 1. The Morgan fingerprint density at radius 1 is 1.06 bits per heavy atom. The van der Waals surface area contributed by atoms with Crippen LogP contribution in [0.4, 0.5) is 4.39 Å². The molecule has 1 N–H and O–H groups in total. The Morgan fingerprint density at radius 3 is 2.22 bits per heavy atom. The van der Waals surface area contributed by atoms with Crippen LogP contribution >= 0.6 is 11.6 Å². The number of hydrogen-bond acceptors (Lipinski definition) is 5. The van der Waals surface area contributed by atoms with Gasteiger partial charge in [-0.2, -0.15) is 4.72 Å². The maximum absolute atomic E-state index is 13.2. The standard InChI is InChI=1S/C21H23ClFN3O5S/c1-14(24-32(29,30)17-6-4-16(31-2)5-7-17)20(27)25-9-11-26(12-10-25)21(28)18-8-3-15(23)13-19(18)22/h3-8,13-14,24H,9-12H2,1-2H3/t14-/m0/s1. The first-order valence-corrected chi connectivity index (χ1v) is 11.7. The van der Waals surface area contributed by atoms with Gasteiger partial charge in [0.2, 0.25) is 15.9 Å². The van der Waals surface area contributed by atoms with E-state index < -0.39 is 27.8 Å². The Hall–Kier alpha value is -2.69. The third-order valence-electron chi connectivity index (χ3n) is 5.11. The molecule has 0 aliphatic carbocycles. The molecule has 1 fully saturated rings. The predicted molar refractivity (Wildman–Crippen MR) is 117 cm³/mol. The lowest BCUT2D eigenvalue weighted by atomic mass is 10.1. The van der Waals surface area contributed by atoms with E-state index in [9.17, 15) is 22.4 Å². The minimum Gasteiger partial charge on any atom is -0.497 e. The number of rotatable bonds is 6. The highest BCUT2D eigenvalue weighted by molar-refractivity contribution is 7.89. The molecule has 11 heteroatoms. The van der Waals surface area contributed by atoms with Gasteiger partial charge in [0.15, 0.2) is 0 Å². The van der Waals surface area contributed by atoms with Crippen LogP contribution in [0.3, 0.4) is 0 Å². The quantitative estimate of drug-likeness (QED) is 0.679. The summed E-state index contributed by atoms with van der Waals surface area (Å²) in [6.07, 6.45) is 0. The average Bonchev–Trinajstić information content (AvgIpc) is 2.78. The average molecular weight is 484 g/mol. The lowest BCUT2D eigenvalue weighted by Crippen LogP contribution is -2.55. The largest absolute Gasteiger partial charge is 0.497 e. The van der Waals surface area contributed by atoms with E-state index in [-0.39, 0.29) is 47.6 Å². The molecule has 0 aromatic heterocycles. The summed E-state index contributed by atoms with van der Waals surface area (Å²) in [5, 5.41) is 0.0232. The van der Waals surface area contributed by atoms with Crippen LogP contribution in [0.15, 0.2) is 47.4 Å². The first-order valence-electron chi connectivity index (χ1n) is 9.82. The van der Waals surface area contributed by atoms with Crippen molar-refractivity contribution in [2.24, 2.45) is 0 Å². The van der Waals surface area contributed by atoms with Crippen LogP contribution in [0.1, 0.15) is 17.3 Å². The number of amides is 2. The molecule has 172 valence electrons. The van der Waals surface area contributed by atoms with E-state index in [1.807, 2.05) is 0 Å². The molecule has 8 nitrogen and oxygen atoms in total. The second kappa shape index (κ2) is 9.85. The summed E-state index contributed by atoms with van der Waals surface area (Å²) >= 11 is 5.97. The smallest absolute Gasteiger partial charge is 0.255 e. The zero-order valence-electron chi connectivity index (χ0n) is 17.5. The van der Waals surface area contributed by atoms with Gasteiger partial charge in [0, 0.05) is 26.2 Å². The van der Waals surface area contributed by atoms with Crippen molar-refractivity contribution in [1.29, 1.82) is 0 Å². The summed E-state index contributed by atoms with van der Waals surface area (Å²) in [5.74, 6) is -0.764. The van der Waals surface area contributed by atoms with Crippen LogP contribution in [0.25, 0.3) is 0 Å². The lowest BCUT2D eigenvalue weighted by molar-refractivity contribution is -0.134. The van der Waals surface area contributed by atoms with E-state index in [1.165, 1.54) is 54.2 Å². The van der Waals surface area contributed by atoms with Gasteiger partial charge in [0.25, 0.3) is 5.91 Å². The molecular formula is C21H23ClFN3O5S. The van der Waals surface area contributed by atoms with Crippen molar-refractivity contribution >= 4 is 33.4 Å². The fourth-order valence-corrected chi connectivity index (χ4v) is 4.79. The highest BCUT2D eigenvalue weighted by Gasteiger charge is 2.30. The number of nitrogens with one attached hydrogen (secondary N) is 1. The SMILES string of the molecule is COc1ccc(S(=O)(=O)N[C@@H](C)C(=O)N2CCN(C(=O)c3ccc(F)cc3Cl)CC2)cc1. The zero-order valence-corrected chi connectivity index (χ0v) is 19.1. The van der Waals surface area contributed by atoms with Gasteiger partial charge in [-0.25, -0.2) is 12.8 Å². The summed E-state index contributed by atoms with van der Waals surface area (Å²) in [4.78, 5) is 28.4. The third kappa shape index (κ3) is 5.37. The number of ether oxygens (including phenoxy) is 1. The summed E-state index contributed by atoms with van der Waals surface area (Å²) in [7, 11) is -2.42. The third-order valence-corrected chi connectivity index (χ3v) is 6.98. The van der Waals surface area contributed by atoms with E-state index >= 15 is 0 Å². The van der Waals surface area contributed by atoms with Gasteiger partial charge in [0.05, 0.1) is 28.6 Å². The maximum atomic E-state index is 13.2. The monoisotopic (exact) mass is 483 g/mol. The van der Waals surface area contributed by atoms with Crippen molar-refractivity contribution in [3.8, 4) is 5.75 Å². The number of carbonyl (C=O) groups is 2. The van der Waals surface area contributed by atoms with Gasteiger partial charge in [-0.3, -0.25) is 9.59 Å². The molecule has 1 aliphatic heterocycles. The zero-order chi connectivity index (χ0) is 23.5. The molecule has 2 aromatic carbocycles. The topological polar surface area (TPSA) is 96.0 Å². The second-order valence-electron chi connectivity index (χ2n) is 7.26. The molecule has 0 saturated carbocycles. The molecule has 1 saturated heterocycles. The van der Waals surface area contributed by atoms with Crippen molar-refractivity contribution < 1.29 is 27.1 Å². The van der Waals surface area contributed by atoms with E-state index in [0.717, 1.165) is 12.1 Å². The van der Waals surface area contributed by atoms with E-state index in [2.05, 4.69) is 4.72 Å². The van der Waals surface area contributed by atoms with Crippen LogP contribution in [-0.2, 0) is 14.8 Å². The van der Waals surface area contributed by atoms with Gasteiger partial charge in [-0.1, -0.05) is 11.6 Å². The predicted octanol–water partition coefficient (Wildman–Crippen LogP) is 2.14. The first kappa shape index (κ1) is 24.0. The number of halogens is 2. The Labute approximate surface area is 191 Å². The summed E-state index contributed by atoms with van der Waals surface area (Å²) in [6.45, 7) is 2.43. The van der Waals surface area contributed by atoms with Gasteiger partial charge >= 0.3 is 0 Å². The molecule has 0 radical (unpaired) electrons. The molecule has 0 bridgehead atoms.